The van der Waals surface area contributed by atoms with Gasteiger partial charge in [-0.1, -0.05) is 18.7 Å². The molecule has 5 rings (SSSR count). The van der Waals surface area contributed by atoms with Gasteiger partial charge < -0.3 is 13.9 Å². The molecule has 0 bridgehead atoms. The van der Waals surface area contributed by atoms with Gasteiger partial charge in [-0.2, -0.15) is 0 Å². The SMILES string of the molecule is CCc1sc(-c2nnc(CSc3nnc(-c4ccc(OC)cc4)n3CC3CCCO3)o2)cc1C. The molecule has 4 aromatic rings. The molecule has 0 amide bonds. The standard InChI is InChI=1S/C24H27N5O3S2/c1-4-19-15(2)12-20(34-19)23-27-25-21(32-23)14-33-24-28-26-22(16-7-9-17(30-3)10-8-16)29(24)13-18-6-5-11-31-18/h7-10,12,18H,4-6,11,13-14H2,1-3H3. The lowest BCUT2D eigenvalue weighted by Crippen LogP contribution is -2.16. The molecular weight excluding hydrogens is 470 g/mol. The number of aryl methyl sites for hydroxylation is 2. The first-order valence-corrected chi connectivity index (χ1v) is 13.2. The molecule has 4 heterocycles. The summed E-state index contributed by atoms with van der Waals surface area (Å²) in [6, 6.07) is 9.99. The van der Waals surface area contributed by atoms with Gasteiger partial charge in [-0.3, -0.25) is 4.57 Å². The summed E-state index contributed by atoms with van der Waals surface area (Å²) in [4.78, 5) is 2.36. The maximum atomic E-state index is 5.97. The molecule has 1 fully saturated rings. The van der Waals surface area contributed by atoms with Gasteiger partial charge in [0, 0.05) is 17.0 Å². The molecular formula is C24H27N5O3S2. The van der Waals surface area contributed by atoms with E-state index >= 15 is 0 Å². The van der Waals surface area contributed by atoms with Gasteiger partial charge in [0.2, 0.25) is 5.89 Å². The molecule has 8 nitrogen and oxygen atoms in total. The number of ether oxygens (including phenoxy) is 2. The Morgan fingerprint density at radius 1 is 1.18 bits per heavy atom. The van der Waals surface area contributed by atoms with E-state index in [0.717, 1.165) is 53.0 Å². The fourth-order valence-corrected chi connectivity index (χ4v) is 5.84. The van der Waals surface area contributed by atoms with Crippen LogP contribution in [0.15, 0.2) is 39.9 Å². The quantitative estimate of drug-likeness (QED) is 0.284. The van der Waals surface area contributed by atoms with Crippen molar-refractivity contribution in [3.63, 3.8) is 0 Å². The predicted octanol–water partition coefficient (Wildman–Crippen LogP) is 5.41. The molecule has 0 radical (unpaired) electrons. The van der Waals surface area contributed by atoms with Crippen LogP contribution in [0.2, 0.25) is 0 Å². The van der Waals surface area contributed by atoms with Crippen molar-refractivity contribution >= 4 is 23.1 Å². The fraction of sp³-hybridized carbons (Fsp3) is 0.417. The van der Waals surface area contributed by atoms with Crippen molar-refractivity contribution in [2.75, 3.05) is 13.7 Å². The predicted molar refractivity (Wildman–Crippen MR) is 132 cm³/mol. The molecule has 34 heavy (non-hydrogen) atoms. The van der Waals surface area contributed by atoms with Crippen LogP contribution in [0.25, 0.3) is 22.2 Å². The van der Waals surface area contributed by atoms with Crippen molar-refractivity contribution in [3.05, 3.63) is 46.7 Å². The van der Waals surface area contributed by atoms with Crippen LogP contribution in [-0.2, 0) is 23.5 Å². The smallest absolute Gasteiger partial charge is 0.257 e. The minimum Gasteiger partial charge on any atom is -0.497 e. The zero-order valence-electron chi connectivity index (χ0n) is 19.5. The molecule has 0 aliphatic carbocycles. The lowest BCUT2D eigenvalue weighted by Gasteiger charge is -2.14. The van der Waals surface area contributed by atoms with E-state index in [9.17, 15) is 0 Å². The summed E-state index contributed by atoms with van der Waals surface area (Å²) in [5, 5.41) is 18.3. The van der Waals surface area contributed by atoms with Gasteiger partial charge >= 0.3 is 0 Å². The Bertz CT molecular complexity index is 1240. The molecule has 0 N–H and O–H groups in total. The van der Waals surface area contributed by atoms with Crippen LogP contribution in [0.5, 0.6) is 5.75 Å². The van der Waals surface area contributed by atoms with E-state index in [4.69, 9.17) is 13.9 Å². The molecule has 0 spiro atoms. The monoisotopic (exact) mass is 497 g/mol. The summed E-state index contributed by atoms with van der Waals surface area (Å²) in [5.41, 5.74) is 2.25. The van der Waals surface area contributed by atoms with Gasteiger partial charge in [0.1, 0.15) is 5.75 Å². The minimum atomic E-state index is 0.164. The zero-order valence-corrected chi connectivity index (χ0v) is 21.1. The first-order valence-electron chi connectivity index (χ1n) is 11.4. The molecule has 10 heteroatoms. The Balaban J connectivity index is 1.35. The summed E-state index contributed by atoms with van der Waals surface area (Å²) in [6.07, 6.45) is 3.29. The Hall–Kier alpha value is -2.69. The van der Waals surface area contributed by atoms with Crippen LogP contribution in [0.4, 0.5) is 0 Å². The van der Waals surface area contributed by atoms with E-state index in [1.165, 1.54) is 10.4 Å². The zero-order chi connectivity index (χ0) is 23.5. The van der Waals surface area contributed by atoms with E-state index in [1.807, 2.05) is 24.3 Å². The lowest BCUT2D eigenvalue weighted by molar-refractivity contribution is 0.0953. The van der Waals surface area contributed by atoms with Crippen molar-refractivity contribution in [2.45, 2.75) is 56.7 Å². The number of benzene rings is 1. The third-order valence-corrected chi connectivity index (χ3v) is 8.14. The highest BCUT2D eigenvalue weighted by atomic mass is 32.2. The summed E-state index contributed by atoms with van der Waals surface area (Å²) < 4.78 is 19.3. The van der Waals surface area contributed by atoms with Crippen LogP contribution >= 0.6 is 23.1 Å². The van der Waals surface area contributed by atoms with Crippen molar-refractivity contribution < 1.29 is 13.9 Å². The first-order chi connectivity index (χ1) is 16.6. The molecule has 1 aliphatic heterocycles. The van der Waals surface area contributed by atoms with Gasteiger partial charge in [-0.05, 0) is 62.1 Å². The summed E-state index contributed by atoms with van der Waals surface area (Å²) in [5.74, 6) is 3.28. The van der Waals surface area contributed by atoms with Gasteiger partial charge in [-0.15, -0.1) is 31.7 Å². The average Bonchev–Trinajstić information content (AvgIpc) is 3.66. The number of rotatable bonds is 9. The highest BCUT2D eigenvalue weighted by molar-refractivity contribution is 7.98. The van der Waals surface area contributed by atoms with Crippen molar-refractivity contribution in [1.82, 2.24) is 25.0 Å². The Labute approximate surface area is 206 Å². The highest BCUT2D eigenvalue weighted by Gasteiger charge is 2.22. The normalized spacial score (nSPS) is 15.8. The average molecular weight is 498 g/mol. The van der Waals surface area contributed by atoms with Crippen LogP contribution in [0, 0.1) is 6.92 Å². The molecule has 1 saturated heterocycles. The number of thioether (sulfide) groups is 1. The number of nitrogens with zero attached hydrogens (tertiary/aromatic N) is 5. The Morgan fingerprint density at radius 3 is 2.74 bits per heavy atom. The molecule has 1 atom stereocenters. The maximum Gasteiger partial charge on any atom is 0.257 e. The third kappa shape index (κ3) is 4.89. The molecule has 1 aromatic carbocycles. The number of thiophene rings is 1. The Kier molecular flexibility index (Phi) is 6.98. The number of methoxy groups -OCH3 is 1. The second kappa shape index (κ2) is 10.3. The maximum absolute atomic E-state index is 5.97. The highest BCUT2D eigenvalue weighted by Crippen LogP contribution is 2.33. The second-order valence-corrected chi connectivity index (χ2v) is 10.2. The first kappa shape index (κ1) is 23.1. The minimum absolute atomic E-state index is 0.164. The van der Waals surface area contributed by atoms with E-state index in [0.29, 0.717) is 24.1 Å². The van der Waals surface area contributed by atoms with Gasteiger partial charge in [-0.25, -0.2) is 0 Å². The molecule has 0 saturated carbocycles. The third-order valence-electron chi connectivity index (χ3n) is 5.82. The number of hydrogen-bond acceptors (Lipinski definition) is 9. The molecule has 1 unspecified atom stereocenters. The summed E-state index contributed by atoms with van der Waals surface area (Å²) in [6.45, 7) is 5.79. The summed E-state index contributed by atoms with van der Waals surface area (Å²) in [7, 11) is 1.66. The van der Waals surface area contributed by atoms with Crippen molar-refractivity contribution in [3.8, 4) is 27.9 Å². The van der Waals surface area contributed by atoms with Gasteiger partial charge in [0.25, 0.3) is 5.89 Å². The second-order valence-electron chi connectivity index (χ2n) is 8.14. The molecule has 1 aliphatic rings. The van der Waals surface area contributed by atoms with E-state index < -0.39 is 0 Å². The van der Waals surface area contributed by atoms with Crippen molar-refractivity contribution in [2.24, 2.45) is 0 Å². The van der Waals surface area contributed by atoms with Crippen LogP contribution in [-0.4, -0.2) is 44.8 Å². The van der Waals surface area contributed by atoms with Gasteiger partial charge in [0.05, 0.1) is 30.4 Å². The lowest BCUT2D eigenvalue weighted by atomic mass is 10.2. The van der Waals surface area contributed by atoms with Crippen LogP contribution in [0.1, 0.15) is 36.1 Å². The fourth-order valence-electron chi connectivity index (χ4n) is 4.02. The van der Waals surface area contributed by atoms with Gasteiger partial charge in [0.15, 0.2) is 11.0 Å². The van der Waals surface area contributed by atoms with E-state index in [-0.39, 0.29) is 6.10 Å². The van der Waals surface area contributed by atoms with Crippen LogP contribution in [0.3, 0.4) is 0 Å². The van der Waals surface area contributed by atoms with E-state index in [2.05, 4.69) is 44.9 Å². The molecule has 3 aromatic heterocycles. The Morgan fingerprint density at radius 2 is 2.03 bits per heavy atom. The van der Waals surface area contributed by atoms with Crippen LogP contribution < -0.4 is 4.74 Å². The largest absolute Gasteiger partial charge is 0.497 e. The number of hydrogen-bond donors (Lipinski definition) is 0. The summed E-state index contributed by atoms with van der Waals surface area (Å²) >= 11 is 3.26. The molecule has 178 valence electrons. The van der Waals surface area contributed by atoms with E-state index in [1.54, 1.807) is 30.2 Å². The topological polar surface area (TPSA) is 88.1 Å². The number of aromatic nitrogens is 5. The van der Waals surface area contributed by atoms with Crippen molar-refractivity contribution in [1.29, 1.82) is 0 Å².